The van der Waals surface area contributed by atoms with Crippen LogP contribution in [0, 0.1) is 0 Å². The highest BCUT2D eigenvalue weighted by Gasteiger charge is 2.24. The zero-order chi connectivity index (χ0) is 12.5. The zero-order valence-electron chi connectivity index (χ0n) is 9.51. The summed E-state index contributed by atoms with van der Waals surface area (Å²) in [5.74, 6) is 0.542. The highest BCUT2D eigenvalue weighted by atomic mass is 35.5. The second kappa shape index (κ2) is 4.96. The number of benzene rings is 1. The number of alkyl halides is 2. The van der Waals surface area contributed by atoms with Crippen molar-refractivity contribution in [2.24, 2.45) is 0 Å². The molecule has 0 bridgehead atoms. The van der Waals surface area contributed by atoms with Gasteiger partial charge in [0.1, 0.15) is 5.50 Å². The van der Waals surface area contributed by atoms with Crippen LogP contribution in [0.4, 0.5) is 5.69 Å². The molecule has 1 aliphatic rings. The summed E-state index contributed by atoms with van der Waals surface area (Å²) < 4.78 is 0. The van der Waals surface area contributed by atoms with Crippen molar-refractivity contribution in [2.45, 2.75) is 11.4 Å². The lowest BCUT2D eigenvalue weighted by Crippen LogP contribution is -2.21. The van der Waals surface area contributed by atoms with Crippen molar-refractivity contribution in [1.82, 2.24) is 0 Å². The highest BCUT2D eigenvalue weighted by molar-refractivity contribution is 7.13. The molecule has 1 nitrogen and oxygen atoms in total. The number of anilines is 1. The molecule has 2 aromatic rings. The second-order valence-electron chi connectivity index (χ2n) is 4.06. The number of rotatable bonds is 2. The van der Waals surface area contributed by atoms with E-state index in [-0.39, 0.29) is 5.50 Å². The molecule has 0 amide bonds. The lowest BCUT2D eigenvalue weighted by molar-refractivity contribution is 0.922. The number of hydrogen-bond acceptors (Lipinski definition) is 2. The third-order valence-corrected chi connectivity index (χ3v) is 4.92. The minimum atomic E-state index is -0.166. The van der Waals surface area contributed by atoms with E-state index in [1.807, 2.05) is 24.4 Å². The van der Waals surface area contributed by atoms with Gasteiger partial charge in [-0.2, -0.15) is 0 Å². The van der Waals surface area contributed by atoms with Gasteiger partial charge >= 0.3 is 0 Å². The quantitative estimate of drug-likeness (QED) is 0.543. The van der Waals surface area contributed by atoms with E-state index in [0.29, 0.717) is 5.88 Å². The first-order chi connectivity index (χ1) is 8.79. The van der Waals surface area contributed by atoms with Crippen molar-refractivity contribution in [1.29, 1.82) is 0 Å². The van der Waals surface area contributed by atoms with Crippen LogP contribution in [0.15, 0.2) is 42.6 Å². The van der Waals surface area contributed by atoms with E-state index in [1.54, 1.807) is 11.3 Å². The van der Waals surface area contributed by atoms with Gasteiger partial charge in [0.25, 0.3) is 0 Å². The third kappa shape index (κ3) is 2.05. The Balaban J connectivity index is 1.98. The Morgan fingerprint density at radius 1 is 1.22 bits per heavy atom. The van der Waals surface area contributed by atoms with Gasteiger partial charge in [0.05, 0.1) is 5.88 Å². The molecule has 0 saturated carbocycles. The van der Waals surface area contributed by atoms with Crippen molar-refractivity contribution >= 4 is 46.3 Å². The molecule has 0 spiro atoms. The zero-order valence-corrected chi connectivity index (χ0v) is 11.8. The SMILES string of the molecule is ClCc1cc2c(s1)C=CN(c1ccccc1)C2Cl. The molecule has 0 aliphatic carbocycles. The van der Waals surface area contributed by atoms with Gasteiger partial charge in [0, 0.05) is 27.2 Å². The van der Waals surface area contributed by atoms with Gasteiger partial charge < -0.3 is 4.90 Å². The van der Waals surface area contributed by atoms with E-state index in [4.69, 9.17) is 23.2 Å². The van der Waals surface area contributed by atoms with E-state index in [0.717, 1.165) is 16.1 Å². The lowest BCUT2D eigenvalue weighted by Gasteiger charge is -2.29. The van der Waals surface area contributed by atoms with E-state index in [1.165, 1.54) is 4.88 Å². The third-order valence-electron chi connectivity index (χ3n) is 2.92. The summed E-state index contributed by atoms with van der Waals surface area (Å²) in [5, 5.41) is 0. The number of halogens is 2. The first-order valence-electron chi connectivity index (χ1n) is 5.64. The summed E-state index contributed by atoms with van der Waals surface area (Å²) in [7, 11) is 0. The lowest BCUT2D eigenvalue weighted by atomic mass is 10.1. The Morgan fingerprint density at radius 3 is 2.72 bits per heavy atom. The van der Waals surface area contributed by atoms with E-state index < -0.39 is 0 Å². The number of hydrogen-bond donors (Lipinski definition) is 0. The summed E-state index contributed by atoms with van der Waals surface area (Å²) in [6, 6.07) is 12.2. The normalized spacial score (nSPS) is 17.9. The minimum Gasteiger partial charge on any atom is -0.327 e. The van der Waals surface area contributed by atoms with E-state index in [2.05, 4.69) is 29.2 Å². The van der Waals surface area contributed by atoms with Crippen molar-refractivity contribution in [3.05, 3.63) is 57.9 Å². The highest BCUT2D eigenvalue weighted by Crippen LogP contribution is 2.40. The fourth-order valence-electron chi connectivity index (χ4n) is 2.05. The smallest absolute Gasteiger partial charge is 0.135 e. The summed E-state index contributed by atoms with van der Waals surface area (Å²) in [6.07, 6.45) is 4.13. The van der Waals surface area contributed by atoms with Gasteiger partial charge in [-0.1, -0.05) is 29.8 Å². The molecule has 0 radical (unpaired) electrons. The molecule has 0 fully saturated rings. The Morgan fingerprint density at radius 2 is 2.00 bits per heavy atom. The second-order valence-corrected chi connectivity index (χ2v) is 5.91. The van der Waals surface area contributed by atoms with Crippen LogP contribution in [-0.4, -0.2) is 0 Å². The predicted octanol–water partition coefficient (Wildman–Crippen LogP) is 5.22. The number of nitrogens with zero attached hydrogens (tertiary/aromatic N) is 1. The van der Waals surface area contributed by atoms with Crippen LogP contribution in [-0.2, 0) is 5.88 Å². The van der Waals surface area contributed by atoms with Crippen LogP contribution in [0.5, 0.6) is 0 Å². The summed E-state index contributed by atoms with van der Waals surface area (Å²) in [6.45, 7) is 0. The van der Waals surface area contributed by atoms with Crippen molar-refractivity contribution < 1.29 is 0 Å². The van der Waals surface area contributed by atoms with Crippen LogP contribution in [0.25, 0.3) is 6.08 Å². The molecule has 1 aromatic carbocycles. The van der Waals surface area contributed by atoms with E-state index in [9.17, 15) is 0 Å². The fraction of sp³-hybridized carbons (Fsp3) is 0.143. The van der Waals surface area contributed by atoms with Crippen molar-refractivity contribution in [3.8, 4) is 0 Å². The molecule has 4 heteroatoms. The van der Waals surface area contributed by atoms with Crippen LogP contribution >= 0.6 is 34.5 Å². The predicted molar refractivity (Wildman–Crippen MR) is 80.4 cm³/mol. The van der Waals surface area contributed by atoms with E-state index >= 15 is 0 Å². The summed E-state index contributed by atoms with van der Waals surface area (Å²) >= 11 is 14.1. The van der Waals surface area contributed by atoms with Gasteiger partial charge in [-0.3, -0.25) is 0 Å². The average Bonchev–Trinajstić information content (AvgIpc) is 2.84. The number of para-hydroxylation sites is 1. The molecule has 1 aliphatic heterocycles. The van der Waals surface area contributed by atoms with Crippen LogP contribution in [0.2, 0.25) is 0 Å². The molecule has 2 heterocycles. The Hall–Kier alpha value is -0.960. The maximum atomic E-state index is 6.56. The molecular formula is C14H11Cl2NS. The maximum Gasteiger partial charge on any atom is 0.135 e. The van der Waals surface area contributed by atoms with Gasteiger partial charge in [0.2, 0.25) is 0 Å². The molecule has 3 rings (SSSR count). The summed E-state index contributed by atoms with van der Waals surface area (Å²) in [4.78, 5) is 4.43. The molecule has 18 heavy (non-hydrogen) atoms. The molecule has 92 valence electrons. The molecular weight excluding hydrogens is 285 g/mol. The van der Waals surface area contributed by atoms with Crippen molar-refractivity contribution in [2.75, 3.05) is 4.90 Å². The average molecular weight is 296 g/mol. The van der Waals surface area contributed by atoms with Crippen LogP contribution in [0.1, 0.15) is 20.8 Å². The Labute approximate surface area is 120 Å². The number of fused-ring (bicyclic) bond motifs is 1. The van der Waals surface area contributed by atoms with Gasteiger partial charge in [-0.15, -0.1) is 22.9 Å². The maximum absolute atomic E-state index is 6.56. The number of thiophene rings is 1. The minimum absolute atomic E-state index is 0.166. The van der Waals surface area contributed by atoms with Gasteiger partial charge in [-0.05, 0) is 24.3 Å². The Kier molecular flexibility index (Phi) is 3.33. The van der Waals surface area contributed by atoms with Gasteiger partial charge in [-0.25, -0.2) is 0 Å². The first-order valence-corrected chi connectivity index (χ1v) is 7.42. The fourth-order valence-corrected chi connectivity index (χ4v) is 3.65. The Bertz CT molecular complexity index is 577. The van der Waals surface area contributed by atoms with Crippen molar-refractivity contribution in [3.63, 3.8) is 0 Å². The van der Waals surface area contributed by atoms with Gasteiger partial charge in [0.15, 0.2) is 0 Å². The molecule has 0 N–H and O–H groups in total. The largest absolute Gasteiger partial charge is 0.327 e. The molecule has 1 atom stereocenters. The van der Waals surface area contributed by atoms with Crippen LogP contribution < -0.4 is 4.90 Å². The monoisotopic (exact) mass is 295 g/mol. The van der Waals surface area contributed by atoms with Crippen LogP contribution in [0.3, 0.4) is 0 Å². The first kappa shape index (κ1) is 12.1. The topological polar surface area (TPSA) is 3.24 Å². The molecule has 0 saturated heterocycles. The standard InChI is InChI=1S/C14H11Cl2NS/c15-9-11-8-12-13(18-11)6-7-17(14(12)16)10-4-2-1-3-5-10/h1-8,14H,9H2. The molecule has 1 aromatic heterocycles. The summed E-state index contributed by atoms with van der Waals surface area (Å²) in [5.41, 5.74) is 2.07. The molecule has 1 unspecified atom stereocenters.